The van der Waals surface area contributed by atoms with Crippen LogP contribution in [0.15, 0.2) is 23.1 Å². The lowest BCUT2D eigenvalue weighted by molar-refractivity contribution is 0.416. The molecule has 1 aliphatic rings. The molecule has 2 N–H and O–H groups in total. The molecular weight excluding hydrogens is 287 g/mol. The topological polar surface area (TPSA) is 63.4 Å². The predicted molar refractivity (Wildman–Crippen MR) is 76.1 cm³/mol. The zero-order valence-corrected chi connectivity index (χ0v) is 12.3. The Labute approximate surface area is 117 Å². The third-order valence-electron chi connectivity index (χ3n) is 3.16. The van der Waals surface area contributed by atoms with Crippen LogP contribution in [-0.4, -0.2) is 36.8 Å². The Morgan fingerprint density at radius 1 is 1.53 bits per heavy atom. The van der Waals surface area contributed by atoms with Crippen LogP contribution >= 0.6 is 11.8 Å². The first kappa shape index (κ1) is 14.6. The fourth-order valence-electron chi connectivity index (χ4n) is 1.99. The van der Waals surface area contributed by atoms with Gasteiger partial charge in [0, 0.05) is 24.1 Å². The summed E-state index contributed by atoms with van der Waals surface area (Å²) < 4.78 is 39.5. The number of sulfonamides is 1. The highest BCUT2D eigenvalue weighted by atomic mass is 32.2. The highest BCUT2D eigenvalue weighted by Crippen LogP contribution is 2.27. The molecule has 0 saturated carbocycles. The van der Waals surface area contributed by atoms with Crippen molar-refractivity contribution in [2.24, 2.45) is 0 Å². The van der Waals surface area contributed by atoms with Crippen molar-refractivity contribution in [2.75, 3.05) is 24.6 Å². The maximum Gasteiger partial charge on any atom is 0.243 e. The molecular formula is C12H17FN2O2S2. The zero-order chi connectivity index (χ0) is 14.0. The first-order valence-electron chi connectivity index (χ1n) is 6.12. The molecule has 0 aromatic heterocycles. The lowest BCUT2D eigenvalue weighted by atomic mass is 10.3. The average Bonchev–Trinajstić information content (AvgIpc) is 2.41. The van der Waals surface area contributed by atoms with Crippen molar-refractivity contribution in [2.45, 2.75) is 23.5 Å². The number of hydrogen-bond acceptors (Lipinski definition) is 4. The van der Waals surface area contributed by atoms with Crippen LogP contribution in [0.25, 0.3) is 0 Å². The van der Waals surface area contributed by atoms with Gasteiger partial charge in [0.1, 0.15) is 5.82 Å². The monoisotopic (exact) mass is 304 g/mol. The fourth-order valence-corrected chi connectivity index (χ4v) is 4.90. The number of hydrogen-bond donors (Lipinski definition) is 1. The molecule has 0 aliphatic carbocycles. The lowest BCUT2D eigenvalue weighted by Gasteiger charge is -2.31. The van der Waals surface area contributed by atoms with Crippen molar-refractivity contribution in [3.8, 4) is 0 Å². The van der Waals surface area contributed by atoms with E-state index in [-0.39, 0.29) is 10.6 Å². The number of anilines is 1. The molecule has 106 valence electrons. The van der Waals surface area contributed by atoms with Crippen LogP contribution in [0, 0.1) is 5.82 Å². The highest BCUT2D eigenvalue weighted by molar-refractivity contribution is 8.00. The van der Waals surface area contributed by atoms with E-state index < -0.39 is 15.8 Å². The normalized spacial score (nSPS) is 21.5. The zero-order valence-electron chi connectivity index (χ0n) is 10.7. The van der Waals surface area contributed by atoms with Crippen molar-refractivity contribution in [1.82, 2.24) is 4.31 Å². The van der Waals surface area contributed by atoms with E-state index in [2.05, 4.69) is 0 Å². The second kappa shape index (κ2) is 5.68. The average molecular weight is 304 g/mol. The van der Waals surface area contributed by atoms with Crippen molar-refractivity contribution in [3.63, 3.8) is 0 Å². The molecule has 1 saturated heterocycles. The number of rotatable bonds is 3. The molecule has 1 heterocycles. The van der Waals surface area contributed by atoms with Crippen LogP contribution in [-0.2, 0) is 10.0 Å². The molecule has 1 unspecified atom stereocenters. The number of nitrogen functional groups attached to an aromatic ring is 1. The summed E-state index contributed by atoms with van der Waals surface area (Å²) in [7, 11) is -3.57. The summed E-state index contributed by atoms with van der Waals surface area (Å²) >= 11 is 1.79. The molecule has 1 aromatic carbocycles. The van der Waals surface area contributed by atoms with E-state index >= 15 is 0 Å². The summed E-state index contributed by atoms with van der Waals surface area (Å²) in [5.41, 5.74) is 5.30. The molecule has 19 heavy (non-hydrogen) atoms. The summed E-state index contributed by atoms with van der Waals surface area (Å²) in [5, 5.41) is 0.321. The molecule has 7 heteroatoms. The largest absolute Gasteiger partial charge is 0.396 e. The summed E-state index contributed by atoms with van der Waals surface area (Å²) in [5.74, 6) is 0.189. The van der Waals surface area contributed by atoms with Gasteiger partial charge in [-0.25, -0.2) is 12.8 Å². The van der Waals surface area contributed by atoms with Gasteiger partial charge in [-0.2, -0.15) is 16.1 Å². The first-order valence-corrected chi connectivity index (χ1v) is 8.60. The van der Waals surface area contributed by atoms with E-state index in [4.69, 9.17) is 5.73 Å². The van der Waals surface area contributed by atoms with Gasteiger partial charge < -0.3 is 5.73 Å². The summed E-state index contributed by atoms with van der Waals surface area (Å²) in [6.45, 7) is 3.03. The smallest absolute Gasteiger partial charge is 0.243 e. The molecule has 1 aliphatic heterocycles. The van der Waals surface area contributed by atoms with E-state index in [0.29, 0.717) is 18.3 Å². The maximum atomic E-state index is 13.1. The third-order valence-corrected chi connectivity index (χ3v) is 6.40. The Morgan fingerprint density at radius 3 is 2.89 bits per heavy atom. The number of nitrogens with two attached hydrogens (primary N) is 1. The van der Waals surface area contributed by atoms with Crippen LogP contribution in [0.5, 0.6) is 0 Å². The first-order chi connectivity index (χ1) is 8.95. The van der Waals surface area contributed by atoms with Crippen LogP contribution in [0.1, 0.15) is 13.3 Å². The van der Waals surface area contributed by atoms with Crippen LogP contribution in [0.2, 0.25) is 0 Å². The molecule has 0 radical (unpaired) electrons. The number of thioether (sulfide) groups is 1. The van der Waals surface area contributed by atoms with Gasteiger partial charge >= 0.3 is 0 Å². The van der Waals surface area contributed by atoms with Gasteiger partial charge in [0.05, 0.1) is 10.6 Å². The molecule has 0 bridgehead atoms. The third kappa shape index (κ3) is 3.04. The molecule has 1 fully saturated rings. The molecule has 4 nitrogen and oxygen atoms in total. The Morgan fingerprint density at radius 2 is 2.26 bits per heavy atom. The second-order valence-corrected chi connectivity index (χ2v) is 7.79. The van der Waals surface area contributed by atoms with Crippen LogP contribution in [0.3, 0.4) is 0 Å². The predicted octanol–water partition coefficient (Wildman–Crippen LogP) is 1.92. The van der Waals surface area contributed by atoms with E-state index in [1.165, 1.54) is 16.4 Å². The quantitative estimate of drug-likeness (QED) is 0.867. The maximum absolute atomic E-state index is 13.1. The molecule has 1 aromatic rings. The van der Waals surface area contributed by atoms with Gasteiger partial charge in [0.2, 0.25) is 10.0 Å². The van der Waals surface area contributed by atoms with Gasteiger partial charge in [0.15, 0.2) is 0 Å². The van der Waals surface area contributed by atoms with E-state index in [9.17, 15) is 12.8 Å². The van der Waals surface area contributed by atoms with Gasteiger partial charge in [-0.1, -0.05) is 6.92 Å². The summed E-state index contributed by atoms with van der Waals surface area (Å²) in [6.07, 6.45) is 0.933. The van der Waals surface area contributed by atoms with Crippen LogP contribution < -0.4 is 5.73 Å². The Kier molecular flexibility index (Phi) is 4.37. The fraction of sp³-hybridized carbons (Fsp3) is 0.500. The molecule has 1 atom stereocenters. The molecule has 0 amide bonds. The standard InChI is InChI=1S/C12H17FN2O2S2/c1-2-9-8-15(5-6-18-9)19(16,17)10-3-4-11(13)12(14)7-10/h3-4,7,9H,2,5-6,8,14H2,1H3. The Hall–Kier alpha value is -0.790. The minimum absolute atomic E-state index is 0.0631. The Balaban J connectivity index is 2.28. The van der Waals surface area contributed by atoms with Crippen molar-refractivity contribution in [1.29, 1.82) is 0 Å². The highest BCUT2D eigenvalue weighted by Gasteiger charge is 2.30. The second-order valence-electron chi connectivity index (χ2n) is 4.45. The van der Waals surface area contributed by atoms with Crippen LogP contribution in [0.4, 0.5) is 10.1 Å². The lowest BCUT2D eigenvalue weighted by Crippen LogP contribution is -2.41. The van der Waals surface area contributed by atoms with Gasteiger partial charge in [-0.05, 0) is 24.6 Å². The summed E-state index contributed by atoms with van der Waals surface area (Å²) in [4.78, 5) is 0.0631. The van der Waals surface area contributed by atoms with E-state index in [1.807, 2.05) is 6.92 Å². The van der Waals surface area contributed by atoms with Crippen molar-refractivity contribution in [3.05, 3.63) is 24.0 Å². The van der Waals surface area contributed by atoms with Gasteiger partial charge in [-0.3, -0.25) is 0 Å². The minimum Gasteiger partial charge on any atom is -0.396 e. The van der Waals surface area contributed by atoms with Crippen molar-refractivity contribution < 1.29 is 12.8 Å². The summed E-state index contributed by atoms with van der Waals surface area (Å²) in [6, 6.07) is 3.55. The SMILES string of the molecule is CCC1CN(S(=O)(=O)c2ccc(F)c(N)c2)CCS1. The minimum atomic E-state index is -3.57. The number of nitrogens with zero attached hydrogens (tertiary/aromatic N) is 1. The number of halogens is 1. The van der Waals surface area contributed by atoms with Crippen molar-refractivity contribution >= 4 is 27.5 Å². The molecule has 0 spiro atoms. The Bertz CT molecular complexity index is 563. The van der Waals surface area contributed by atoms with Gasteiger partial charge in [-0.15, -0.1) is 0 Å². The van der Waals surface area contributed by atoms with E-state index in [1.54, 1.807) is 11.8 Å². The van der Waals surface area contributed by atoms with Gasteiger partial charge in [0.25, 0.3) is 0 Å². The van der Waals surface area contributed by atoms with E-state index in [0.717, 1.165) is 18.2 Å². The number of benzene rings is 1. The molecule has 2 rings (SSSR count).